The van der Waals surface area contributed by atoms with Gasteiger partial charge in [0.15, 0.2) is 0 Å². The molecule has 3 rings (SSSR count). The first-order valence-corrected chi connectivity index (χ1v) is 7.74. The van der Waals surface area contributed by atoms with Crippen LogP contribution in [-0.4, -0.2) is 0 Å². The van der Waals surface area contributed by atoms with Gasteiger partial charge in [-0.3, -0.25) is 0 Å². The van der Waals surface area contributed by atoms with Crippen LogP contribution in [0.15, 0.2) is 18.2 Å². The number of hydrogen-bond donors (Lipinski definition) is 0. The van der Waals surface area contributed by atoms with Crippen LogP contribution in [0.3, 0.4) is 0 Å². The van der Waals surface area contributed by atoms with Gasteiger partial charge in [-0.2, -0.15) is 0 Å². The van der Waals surface area contributed by atoms with Crippen LogP contribution in [0.2, 0.25) is 0 Å². The van der Waals surface area contributed by atoms with Crippen molar-refractivity contribution in [3.8, 4) is 0 Å². The normalized spacial score (nSPS) is 31.0. The Morgan fingerprint density at radius 2 is 2.00 bits per heavy atom. The summed E-state index contributed by atoms with van der Waals surface area (Å²) >= 11 is 0. The van der Waals surface area contributed by atoms with E-state index in [-0.39, 0.29) is 0 Å². The first-order valence-electron chi connectivity index (χ1n) is 7.74. The highest BCUT2D eigenvalue weighted by Gasteiger charge is 2.41. The zero-order chi connectivity index (χ0) is 12.8. The summed E-state index contributed by atoms with van der Waals surface area (Å²) < 4.78 is 0. The van der Waals surface area contributed by atoms with E-state index in [0.29, 0.717) is 11.3 Å². The Morgan fingerprint density at radius 1 is 1.17 bits per heavy atom. The number of benzene rings is 1. The molecule has 1 aromatic rings. The molecule has 0 N–H and O–H groups in total. The second kappa shape index (κ2) is 4.40. The molecule has 0 heteroatoms. The average Bonchev–Trinajstić information content (AvgIpc) is 2.37. The number of rotatable bonds is 1. The molecule has 0 aliphatic heterocycles. The summed E-state index contributed by atoms with van der Waals surface area (Å²) in [6.07, 6.45) is 8.49. The molecular weight excluding hydrogens is 216 g/mol. The van der Waals surface area contributed by atoms with Gasteiger partial charge in [0.05, 0.1) is 0 Å². The van der Waals surface area contributed by atoms with E-state index in [9.17, 15) is 0 Å². The summed E-state index contributed by atoms with van der Waals surface area (Å²) in [5, 5.41) is 0. The molecule has 0 aromatic heterocycles. The lowest BCUT2D eigenvalue weighted by Gasteiger charge is -2.46. The van der Waals surface area contributed by atoms with E-state index < -0.39 is 0 Å². The lowest BCUT2D eigenvalue weighted by atomic mass is 9.58. The number of hydrogen-bond acceptors (Lipinski definition) is 0. The Labute approximate surface area is 112 Å². The van der Waals surface area contributed by atoms with E-state index >= 15 is 0 Å². The van der Waals surface area contributed by atoms with Crippen LogP contribution in [0.5, 0.6) is 0 Å². The zero-order valence-corrected chi connectivity index (χ0v) is 12.1. The minimum absolute atomic E-state index is 0.487. The molecule has 1 fully saturated rings. The van der Waals surface area contributed by atoms with E-state index in [2.05, 4.69) is 39.0 Å². The SMILES string of the molecule is CC(C)c1ccc2c(c1)CCC1CCCCC21C. The molecule has 0 amide bonds. The van der Waals surface area contributed by atoms with Crippen LogP contribution in [-0.2, 0) is 11.8 Å². The molecule has 2 atom stereocenters. The Hall–Kier alpha value is -0.780. The number of fused-ring (bicyclic) bond motifs is 3. The molecule has 1 aromatic carbocycles. The zero-order valence-electron chi connectivity index (χ0n) is 12.1. The van der Waals surface area contributed by atoms with E-state index in [1.807, 2.05) is 0 Å². The maximum Gasteiger partial charge on any atom is -0.00442 e. The quantitative estimate of drug-likeness (QED) is 0.634. The van der Waals surface area contributed by atoms with Crippen molar-refractivity contribution in [2.45, 2.75) is 70.6 Å². The third-order valence-electron chi connectivity index (χ3n) is 5.57. The largest absolute Gasteiger partial charge is 0.0587 e. The average molecular weight is 242 g/mol. The highest BCUT2D eigenvalue weighted by atomic mass is 14.5. The van der Waals surface area contributed by atoms with E-state index in [0.717, 1.165) is 5.92 Å². The summed E-state index contributed by atoms with van der Waals surface area (Å²) in [6.45, 7) is 7.13. The Morgan fingerprint density at radius 3 is 2.78 bits per heavy atom. The second-order valence-electron chi connectivity index (χ2n) is 6.97. The van der Waals surface area contributed by atoms with Crippen molar-refractivity contribution < 1.29 is 0 Å². The number of aryl methyl sites for hydroxylation is 1. The second-order valence-corrected chi connectivity index (χ2v) is 6.97. The van der Waals surface area contributed by atoms with Gasteiger partial charge in [-0.1, -0.05) is 51.8 Å². The molecule has 0 saturated heterocycles. The van der Waals surface area contributed by atoms with E-state index in [1.54, 1.807) is 11.1 Å². The minimum Gasteiger partial charge on any atom is -0.0587 e. The minimum atomic E-state index is 0.487. The summed E-state index contributed by atoms with van der Waals surface area (Å²) in [5.41, 5.74) is 5.35. The van der Waals surface area contributed by atoms with E-state index in [1.165, 1.54) is 44.1 Å². The van der Waals surface area contributed by atoms with Gasteiger partial charge in [0.2, 0.25) is 0 Å². The van der Waals surface area contributed by atoms with Gasteiger partial charge >= 0.3 is 0 Å². The molecule has 0 spiro atoms. The molecule has 1 saturated carbocycles. The third kappa shape index (κ3) is 1.81. The van der Waals surface area contributed by atoms with Gasteiger partial charge < -0.3 is 0 Å². The third-order valence-corrected chi connectivity index (χ3v) is 5.57. The van der Waals surface area contributed by atoms with Crippen molar-refractivity contribution in [3.63, 3.8) is 0 Å². The molecule has 18 heavy (non-hydrogen) atoms. The molecule has 2 aliphatic carbocycles. The molecule has 2 unspecified atom stereocenters. The van der Waals surface area contributed by atoms with Gasteiger partial charge in [-0.15, -0.1) is 0 Å². The molecule has 0 radical (unpaired) electrons. The predicted molar refractivity (Wildman–Crippen MR) is 78.2 cm³/mol. The van der Waals surface area contributed by atoms with Crippen molar-refractivity contribution in [2.24, 2.45) is 5.92 Å². The topological polar surface area (TPSA) is 0 Å². The highest BCUT2D eigenvalue weighted by molar-refractivity contribution is 5.41. The molecule has 0 heterocycles. The van der Waals surface area contributed by atoms with Crippen LogP contribution >= 0.6 is 0 Å². The lowest BCUT2D eigenvalue weighted by molar-refractivity contribution is 0.178. The predicted octanol–water partition coefficient (Wildman–Crippen LogP) is 5.20. The fourth-order valence-corrected chi connectivity index (χ4v) is 4.29. The molecule has 0 bridgehead atoms. The summed E-state index contributed by atoms with van der Waals surface area (Å²) in [5.74, 6) is 1.61. The maximum atomic E-state index is 2.53. The fourth-order valence-electron chi connectivity index (χ4n) is 4.29. The lowest BCUT2D eigenvalue weighted by Crippen LogP contribution is -2.39. The van der Waals surface area contributed by atoms with Gasteiger partial charge in [0, 0.05) is 0 Å². The highest BCUT2D eigenvalue weighted by Crippen LogP contribution is 2.50. The van der Waals surface area contributed by atoms with Crippen molar-refractivity contribution >= 4 is 0 Å². The van der Waals surface area contributed by atoms with Gasteiger partial charge in [0.25, 0.3) is 0 Å². The van der Waals surface area contributed by atoms with Crippen LogP contribution in [0.1, 0.15) is 75.5 Å². The Bertz CT molecular complexity index is 443. The molecule has 2 aliphatic rings. The fraction of sp³-hybridized carbons (Fsp3) is 0.667. The van der Waals surface area contributed by atoms with Crippen molar-refractivity contribution in [1.29, 1.82) is 0 Å². The standard InChI is InChI=1S/C18H26/c1-13(2)14-8-10-17-15(12-14)7-9-16-6-4-5-11-18(16,17)3/h8,10,12-13,16H,4-7,9,11H2,1-3H3. The summed E-state index contributed by atoms with van der Waals surface area (Å²) in [7, 11) is 0. The Balaban J connectivity index is 2.03. The van der Waals surface area contributed by atoms with Crippen molar-refractivity contribution in [3.05, 3.63) is 34.9 Å². The van der Waals surface area contributed by atoms with Gasteiger partial charge in [0.1, 0.15) is 0 Å². The Kier molecular flexibility index (Phi) is 3.00. The smallest absolute Gasteiger partial charge is 0.00442 e. The molecule has 0 nitrogen and oxygen atoms in total. The molecular formula is C18H26. The van der Waals surface area contributed by atoms with Crippen molar-refractivity contribution in [1.82, 2.24) is 0 Å². The molecule has 98 valence electrons. The van der Waals surface area contributed by atoms with Gasteiger partial charge in [-0.25, -0.2) is 0 Å². The van der Waals surface area contributed by atoms with E-state index in [4.69, 9.17) is 0 Å². The van der Waals surface area contributed by atoms with Crippen molar-refractivity contribution in [2.75, 3.05) is 0 Å². The van der Waals surface area contributed by atoms with Crippen LogP contribution in [0.4, 0.5) is 0 Å². The summed E-state index contributed by atoms with van der Waals surface area (Å²) in [6, 6.07) is 7.34. The van der Waals surface area contributed by atoms with Gasteiger partial charge in [-0.05, 0) is 59.6 Å². The summed E-state index contributed by atoms with van der Waals surface area (Å²) in [4.78, 5) is 0. The monoisotopic (exact) mass is 242 g/mol. The first-order chi connectivity index (χ1) is 8.61. The van der Waals surface area contributed by atoms with Crippen LogP contribution in [0.25, 0.3) is 0 Å². The maximum absolute atomic E-state index is 2.53. The van der Waals surface area contributed by atoms with Crippen LogP contribution in [0, 0.1) is 5.92 Å². The van der Waals surface area contributed by atoms with Crippen LogP contribution < -0.4 is 0 Å². The first kappa shape index (κ1) is 12.3.